The largest absolute Gasteiger partial charge is 0.471 e. The summed E-state index contributed by atoms with van der Waals surface area (Å²) in [5.41, 5.74) is 0. The van der Waals surface area contributed by atoms with Crippen molar-refractivity contribution in [3.63, 3.8) is 0 Å². The molecule has 88 valence electrons. The first kappa shape index (κ1) is 12.2. The van der Waals surface area contributed by atoms with Crippen LogP contribution in [-0.2, 0) is 9.53 Å². The normalized spacial score (nSPS) is 36.7. The van der Waals surface area contributed by atoms with E-state index in [-0.39, 0.29) is 0 Å². The highest BCUT2D eigenvalue weighted by atomic mass is 19.4. The summed E-state index contributed by atoms with van der Waals surface area (Å²) < 4.78 is 40.2. The molecule has 1 aliphatic rings. The Kier molecular flexibility index (Phi) is 3.22. The molecular weight excluding hydrogens is 219 g/mol. The van der Waals surface area contributed by atoms with Crippen LogP contribution in [0.1, 0.15) is 6.92 Å². The van der Waals surface area contributed by atoms with E-state index < -0.39 is 36.6 Å². The van der Waals surface area contributed by atoms with E-state index in [1.165, 1.54) is 6.92 Å². The maximum atomic E-state index is 11.9. The SMILES string of the molecule is C[C@H]1OC(O)[C@H](O)[C@@H]1NC(=O)C(F)(F)F. The van der Waals surface area contributed by atoms with Crippen LogP contribution in [0.4, 0.5) is 13.2 Å². The second-order valence-electron chi connectivity index (χ2n) is 3.22. The van der Waals surface area contributed by atoms with Crippen LogP contribution in [0.3, 0.4) is 0 Å². The van der Waals surface area contributed by atoms with E-state index >= 15 is 0 Å². The number of nitrogens with one attached hydrogen (secondary N) is 1. The molecule has 1 aliphatic heterocycles. The van der Waals surface area contributed by atoms with Gasteiger partial charge in [-0.3, -0.25) is 4.79 Å². The van der Waals surface area contributed by atoms with E-state index in [9.17, 15) is 23.1 Å². The van der Waals surface area contributed by atoms with Crippen LogP contribution >= 0.6 is 0 Å². The molecule has 1 rings (SSSR count). The number of alkyl halides is 3. The first-order valence-electron chi connectivity index (χ1n) is 4.12. The Hall–Kier alpha value is -0.860. The first-order valence-corrected chi connectivity index (χ1v) is 4.12. The second kappa shape index (κ2) is 3.95. The lowest BCUT2D eigenvalue weighted by Gasteiger charge is -2.19. The van der Waals surface area contributed by atoms with E-state index in [0.29, 0.717) is 0 Å². The van der Waals surface area contributed by atoms with Crippen LogP contribution in [0.25, 0.3) is 0 Å². The van der Waals surface area contributed by atoms with Crippen molar-refractivity contribution in [2.75, 3.05) is 0 Å². The molecule has 0 aromatic heterocycles. The van der Waals surface area contributed by atoms with Gasteiger partial charge in [-0.2, -0.15) is 13.2 Å². The van der Waals surface area contributed by atoms with Crippen LogP contribution < -0.4 is 5.32 Å². The lowest BCUT2D eigenvalue weighted by molar-refractivity contribution is -0.175. The molecule has 5 nitrogen and oxygen atoms in total. The molecule has 0 saturated carbocycles. The minimum absolute atomic E-state index is 0.888. The molecule has 0 aromatic rings. The quantitative estimate of drug-likeness (QED) is 0.546. The summed E-state index contributed by atoms with van der Waals surface area (Å²) in [6.07, 6.45) is -9.06. The van der Waals surface area contributed by atoms with Gasteiger partial charge < -0.3 is 20.3 Å². The van der Waals surface area contributed by atoms with E-state index in [1.807, 2.05) is 0 Å². The van der Waals surface area contributed by atoms with E-state index in [1.54, 1.807) is 5.32 Å². The number of hydrogen-bond donors (Lipinski definition) is 3. The van der Waals surface area contributed by atoms with Crippen molar-refractivity contribution in [2.24, 2.45) is 0 Å². The standard InChI is InChI=1S/C7H10F3NO4/c1-2-3(4(12)5(13)15-2)11-6(14)7(8,9)10/h2-5,12-13H,1H3,(H,11,14)/t2-,3-,4-,5?/m1/s1. The van der Waals surface area contributed by atoms with Crippen LogP contribution in [0.5, 0.6) is 0 Å². The summed E-state index contributed by atoms with van der Waals surface area (Å²) in [7, 11) is 0. The number of halogens is 3. The van der Waals surface area contributed by atoms with Gasteiger partial charge in [0.2, 0.25) is 0 Å². The van der Waals surface area contributed by atoms with Gasteiger partial charge in [-0.05, 0) is 6.92 Å². The number of carbonyl (C=O) groups is 1. The fourth-order valence-corrected chi connectivity index (χ4v) is 1.28. The molecular formula is C7H10F3NO4. The van der Waals surface area contributed by atoms with Gasteiger partial charge in [0.25, 0.3) is 0 Å². The van der Waals surface area contributed by atoms with Gasteiger partial charge in [0.05, 0.1) is 12.1 Å². The van der Waals surface area contributed by atoms with E-state index in [4.69, 9.17) is 5.11 Å². The van der Waals surface area contributed by atoms with Crippen LogP contribution in [0, 0.1) is 0 Å². The van der Waals surface area contributed by atoms with Crippen LogP contribution in [-0.4, -0.2) is 46.8 Å². The topological polar surface area (TPSA) is 78.8 Å². The molecule has 1 amide bonds. The van der Waals surface area contributed by atoms with Crippen molar-refractivity contribution in [2.45, 2.75) is 37.6 Å². The number of hydrogen-bond acceptors (Lipinski definition) is 4. The molecule has 1 unspecified atom stereocenters. The summed E-state index contributed by atoms with van der Waals surface area (Å²) in [6.45, 7) is 1.33. The monoisotopic (exact) mass is 229 g/mol. The number of carbonyl (C=O) groups excluding carboxylic acids is 1. The molecule has 0 aromatic carbocycles. The van der Waals surface area contributed by atoms with Crippen molar-refractivity contribution in [3.05, 3.63) is 0 Å². The lowest BCUT2D eigenvalue weighted by Crippen LogP contribution is -2.51. The third-order valence-corrected chi connectivity index (χ3v) is 2.08. The summed E-state index contributed by atoms with van der Waals surface area (Å²) in [6, 6.07) is -1.27. The average molecular weight is 229 g/mol. The van der Waals surface area contributed by atoms with E-state index in [0.717, 1.165) is 0 Å². The Morgan fingerprint density at radius 1 is 1.40 bits per heavy atom. The highest BCUT2D eigenvalue weighted by Crippen LogP contribution is 2.21. The Balaban J connectivity index is 2.63. The molecule has 15 heavy (non-hydrogen) atoms. The van der Waals surface area contributed by atoms with Crippen LogP contribution in [0.2, 0.25) is 0 Å². The molecule has 1 saturated heterocycles. The van der Waals surface area contributed by atoms with Gasteiger partial charge in [0.1, 0.15) is 6.10 Å². The molecule has 4 atom stereocenters. The van der Waals surface area contributed by atoms with Gasteiger partial charge in [-0.25, -0.2) is 0 Å². The van der Waals surface area contributed by atoms with Crippen molar-refractivity contribution in [1.29, 1.82) is 0 Å². The number of amides is 1. The fourth-order valence-electron chi connectivity index (χ4n) is 1.28. The van der Waals surface area contributed by atoms with Gasteiger partial charge in [0, 0.05) is 0 Å². The summed E-state index contributed by atoms with van der Waals surface area (Å²) in [4.78, 5) is 10.5. The third-order valence-electron chi connectivity index (χ3n) is 2.08. The van der Waals surface area contributed by atoms with Crippen molar-refractivity contribution in [3.8, 4) is 0 Å². The van der Waals surface area contributed by atoms with Crippen molar-refractivity contribution >= 4 is 5.91 Å². The molecule has 3 N–H and O–H groups in total. The number of aliphatic hydroxyl groups is 2. The maximum Gasteiger partial charge on any atom is 0.471 e. The summed E-state index contributed by atoms with van der Waals surface area (Å²) in [5.74, 6) is -2.17. The zero-order chi connectivity index (χ0) is 11.8. The van der Waals surface area contributed by atoms with Gasteiger partial charge in [-0.15, -0.1) is 0 Å². The minimum atomic E-state index is -5.02. The molecule has 8 heteroatoms. The maximum absolute atomic E-state index is 11.9. The number of rotatable bonds is 1. The predicted octanol–water partition coefficient (Wildman–Crippen LogP) is -0.868. The Bertz CT molecular complexity index is 257. The van der Waals surface area contributed by atoms with Gasteiger partial charge in [0.15, 0.2) is 6.29 Å². The zero-order valence-corrected chi connectivity index (χ0v) is 7.65. The van der Waals surface area contributed by atoms with Crippen LogP contribution in [0.15, 0.2) is 0 Å². The molecule has 1 fully saturated rings. The Labute approximate surface area is 82.8 Å². The summed E-state index contributed by atoms with van der Waals surface area (Å²) in [5, 5.41) is 19.7. The molecule has 1 heterocycles. The first-order chi connectivity index (χ1) is 6.73. The molecule has 0 spiro atoms. The smallest absolute Gasteiger partial charge is 0.386 e. The summed E-state index contributed by atoms with van der Waals surface area (Å²) >= 11 is 0. The fraction of sp³-hybridized carbons (Fsp3) is 0.857. The number of ether oxygens (including phenoxy) is 1. The predicted molar refractivity (Wildman–Crippen MR) is 40.5 cm³/mol. The number of aliphatic hydroxyl groups excluding tert-OH is 2. The van der Waals surface area contributed by atoms with Gasteiger partial charge in [-0.1, -0.05) is 0 Å². The average Bonchev–Trinajstić information content (AvgIpc) is 2.30. The van der Waals surface area contributed by atoms with Crippen molar-refractivity contribution < 1.29 is 32.9 Å². The molecule has 0 bridgehead atoms. The second-order valence-corrected chi connectivity index (χ2v) is 3.22. The molecule has 0 aliphatic carbocycles. The Morgan fingerprint density at radius 2 is 1.93 bits per heavy atom. The third kappa shape index (κ3) is 2.58. The Morgan fingerprint density at radius 3 is 2.27 bits per heavy atom. The lowest BCUT2D eigenvalue weighted by atomic mass is 10.1. The zero-order valence-electron chi connectivity index (χ0n) is 7.65. The van der Waals surface area contributed by atoms with Crippen molar-refractivity contribution in [1.82, 2.24) is 5.32 Å². The van der Waals surface area contributed by atoms with Gasteiger partial charge >= 0.3 is 12.1 Å². The highest BCUT2D eigenvalue weighted by molar-refractivity contribution is 5.82. The van der Waals surface area contributed by atoms with E-state index in [2.05, 4.69) is 4.74 Å². The molecule has 0 radical (unpaired) electrons. The minimum Gasteiger partial charge on any atom is -0.386 e. The highest BCUT2D eigenvalue weighted by Gasteiger charge is 2.46.